The van der Waals surface area contributed by atoms with E-state index in [2.05, 4.69) is 50.8 Å². The first-order valence-corrected chi connectivity index (χ1v) is 14.6. The van der Waals surface area contributed by atoms with Gasteiger partial charge in [0, 0.05) is 13.0 Å². The van der Waals surface area contributed by atoms with Crippen LogP contribution in [0.15, 0.2) is 11.6 Å². The molecule has 35 heavy (non-hydrogen) atoms. The molecular formula is C30H52N2O3. The summed E-state index contributed by atoms with van der Waals surface area (Å²) in [7, 11) is 0. The van der Waals surface area contributed by atoms with Gasteiger partial charge in [0.25, 0.3) is 0 Å². The summed E-state index contributed by atoms with van der Waals surface area (Å²) in [6.07, 6.45) is 16.3. The van der Waals surface area contributed by atoms with Crippen molar-refractivity contribution in [2.45, 2.75) is 111 Å². The molecule has 3 saturated carbocycles. The lowest BCUT2D eigenvalue weighted by Crippen LogP contribution is -2.51. The molecule has 0 aromatic heterocycles. The van der Waals surface area contributed by atoms with Crippen LogP contribution in [0.25, 0.3) is 0 Å². The molecule has 5 nitrogen and oxygen atoms in total. The molecule has 0 unspecified atom stereocenters. The average Bonchev–Trinajstić information content (AvgIpc) is 3.16. The second kappa shape index (κ2) is 11.1. The van der Waals surface area contributed by atoms with Crippen molar-refractivity contribution in [2.24, 2.45) is 52.2 Å². The van der Waals surface area contributed by atoms with Crippen molar-refractivity contribution in [3.63, 3.8) is 0 Å². The van der Waals surface area contributed by atoms with Crippen molar-refractivity contribution in [1.29, 1.82) is 0 Å². The Morgan fingerprint density at radius 3 is 2.66 bits per heavy atom. The minimum Gasteiger partial charge on any atom is -0.446 e. The Morgan fingerprint density at radius 1 is 1.11 bits per heavy atom. The van der Waals surface area contributed by atoms with Crippen molar-refractivity contribution >= 4 is 6.09 Å². The zero-order chi connectivity index (χ0) is 25.2. The first kappa shape index (κ1) is 27.0. The van der Waals surface area contributed by atoms with Crippen LogP contribution < -0.4 is 11.2 Å². The summed E-state index contributed by atoms with van der Waals surface area (Å²) >= 11 is 0. The molecule has 0 radical (unpaired) electrons. The quantitative estimate of drug-likeness (QED) is 0.208. The molecule has 1 amide bonds. The van der Waals surface area contributed by atoms with Crippen LogP contribution in [0.1, 0.15) is 105 Å². The maximum Gasteiger partial charge on any atom is 0.407 e. The van der Waals surface area contributed by atoms with Gasteiger partial charge in [-0.2, -0.15) is 0 Å². The summed E-state index contributed by atoms with van der Waals surface area (Å²) in [6.45, 7) is 13.2. The van der Waals surface area contributed by atoms with Crippen LogP contribution in [0.4, 0.5) is 4.79 Å². The molecule has 0 bridgehead atoms. The van der Waals surface area contributed by atoms with Gasteiger partial charge in [-0.05, 0) is 91.3 Å². The van der Waals surface area contributed by atoms with Gasteiger partial charge in [0.1, 0.15) is 6.10 Å². The summed E-state index contributed by atoms with van der Waals surface area (Å²) in [6, 6.07) is 0. The summed E-state index contributed by atoms with van der Waals surface area (Å²) < 4.78 is 5.75. The van der Waals surface area contributed by atoms with E-state index in [0.717, 1.165) is 54.8 Å². The number of carbonyl (C=O) groups excluding carboxylic acids is 1. The molecule has 0 aliphatic heterocycles. The minimum absolute atomic E-state index is 0.0129. The fraction of sp³-hybridized carbons (Fsp3) is 0.900. The normalized spacial score (nSPS) is 39.3. The van der Waals surface area contributed by atoms with Gasteiger partial charge in [0.05, 0.1) is 6.61 Å². The Bertz CT molecular complexity index is 767. The van der Waals surface area contributed by atoms with Gasteiger partial charge in [-0.15, -0.1) is 0 Å². The van der Waals surface area contributed by atoms with Gasteiger partial charge in [0.15, 0.2) is 0 Å². The average molecular weight is 489 g/mol. The molecule has 8 atom stereocenters. The zero-order valence-corrected chi connectivity index (χ0v) is 23.1. The first-order valence-electron chi connectivity index (χ1n) is 14.6. The number of fused-ring (bicyclic) bond motifs is 5. The predicted octanol–water partition coefficient (Wildman–Crippen LogP) is 7.01. The van der Waals surface area contributed by atoms with Crippen molar-refractivity contribution in [2.75, 3.05) is 13.2 Å². The van der Waals surface area contributed by atoms with Crippen LogP contribution in [0, 0.1) is 46.3 Å². The lowest BCUT2D eigenvalue weighted by atomic mass is 9.47. The fourth-order valence-electron chi connectivity index (χ4n) is 9.16. The number of nitrogens with two attached hydrogens (primary N) is 1. The molecule has 0 spiro atoms. The van der Waals surface area contributed by atoms with Crippen LogP contribution in [0.3, 0.4) is 0 Å². The molecule has 4 aliphatic rings. The third-order valence-corrected chi connectivity index (χ3v) is 11.0. The Labute approximate surface area is 214 Å². The Kier molecular flexibility index (Phi) is 8.58. The monoisotopic (exact) mass is 488 g/mol. The van der Waals surface area contributed by atoms with Crippen LogP contribution >= 0.6 is 0 Å². The van der Waals surface area contributed by atoms with Gasteiger partial charge in [0.2, 0.25) is 0 Å². The molecule has 0 aromatic rings. The number of hydrogen-bond acceptors (Lipinski definition) is 4. The Balaban J connectivity index is 1.39. The van der Waals surface area contributed by atoms with Crippen molar-refractivity contribution in [1.82, 2.24) is 5.32 Å². The van der Waals surface area contributed by atoms with Gasteiger partial charge in [-0.25, -0.2) is 10.7 Å². The predicted molar refractivity (Wildman–Crippen MR) is 141 cm³/mol. The maximum atomic E-state index is 12.1. The second-order valence-corrected chi connectivity index (χ2v) is 13.4. The van der Waals surface area contributed by atoms with Crippen LogP contribution in [-0.4, -0.2) is 25.3 Å². The summed E-state index contributed by atoms with van der Waals surface area (Å²) in [5, 5.41) is 2.73. The third kappa shape index (κ3) is 5.46. The largest absolute Gasteiger partial charge is 0.446 e. The van der Waals surface area contributed by atoms with E-state index in [0.29, 0.717) is 18.6 Å². The molecule has 0 heterocycles. The van der Waals surface area contributed by atoms with E-state index in [4.69, 9.17) is 10.6 Å². The Hall–Kier alpha value is -1.07. The minimum atomic E-state index is -0.349. The van der Waals surface area contributed by atoms with Gasteiger partial charge >= 0.3 is 6.09 Å². The lowest BCUT2D eigenvalue weighted by Gasteiger charge is -2.58. The Morgan fingerprint density at radius 2 is 1.91 bits per heavy atom. The van der Waals surface area contributed by atoms with Gasteiger partial charge < -0.3 is 14.9 Å². The molecule has 3 fully saturated rings. The SMILES string of the molecule is CC(C)CCC[C@@H](C)[C@H]1CC[C@H]2[C@@H]3CC=C4C[C@@H](OC(=O)NCCON)CC[C@]4(C)[C@H]3CC[C@]12C. The smallest absolute Gasteiger partial charge is 0.407 e. The van der Waals surface area contributed by atoms with E-state index in [1.807, 2.05) is 0 Å². The molecule has 5 heteroatoms. The standard InChI is InChI=1S/C30H52N2O3/c1-20(2)7-6-8-21(3)25-11-12-26-24-10-9-22-19-23(35-28(33)32-17-18-34-31)13-15-29(22,4)27(24)14-16-30(25,26)5/h9,20-21,23-27H,6-8,10-19,31H2,1-5H3,(H,32,33)/t21-,23+,24+,25-,26+,27+,29+,30-/m1/s1. The van der Waals surface area contributed by atoms with E-state index < -0.39 is 0 Å². The maximum absolute atomic E-state index is 12.1. The van der Waals surface area contributed by atoms with Crippen LogP contribution in [0.2, 0.25) is 0 Å². The number of allylic oxidation sites excluding steroid dienone is 1. The van der Waals surface area contributed by atoms with Crippen LogP contribution in [-0.2, 0) is 9.57 Å². The van der Waals surface area contributed by atoms with Crippen molar-refractivity contribution < 1.29 is 14.4 Å². The highest BCUT2D eigenvalue weighted by Crippen LogP contribution is 2.67. The molecule has 200 valence electrons. The fourth-order valence-corrected chi connectivity index (χ4v) is 9.16. The van der Waals surface area contributed by atoms with E-state index in [1.165, 1.54) is 51.4 Å². The van der Waals surface area contributed by atoms with Gasteiger partial charge in [-0.3, -0.25) is 0 Å². The number of nitrogens with one attached hydrogen (secondary N) is 1. The summed E-state index contributed by atoms with van der Waals surface area (Å²) in [5.74, 6) is 10.2. The lowest BCUT2D eigenvalue weighted by molar-refractivity contribution is -0.0581. The molecular weight excluding hydrogens is 436 g/mol. The number of rotatable bonds is 9. The van der Waals surface area contributed by atoms with E-state index in [-0.39, 0.29) is 17.6 Å². The molecule has 0 aromatic carbocycles. The third-order valence-electron chi connectivity index (χ3n) is 11.0. The molecule has 0 saturated heterocycles. The van der Waals surface area contributed by atoms with E-state index in [9.17, 15) is 4.79 Å². The molecule has 4 aliphatic carbocycles. The van der Waals surface area contributed by atoms with E-state index in [1.54, 1.807) is 5.57 Å². The first-order chi connectivity index (χ1) is 16.7. The highest BCUT2D eigenvalue weighted by atomic mass is 16.6. The molecule has 3 N–H and O–H groups in total. The zero-order valence-electron chi connectivity index (χ0n) is 23.1. The molecule has 4 rings (SSSR count). The number of amides is 1. The number of hydrogen-bond donors (Lipinski definition) is 2. The summed E-state index contributed by atoms with van der Waals surface area (Å²) in [4.78, 5) is 16.7. The van der Waals surface area contributed by atoms with Crippen molar-refractivity contribution in [3.05, 3.63) is 11.6 Å². The highest BCUT2D eigenvalue weighted by Gasteiger charge is 2.59. The van der Waals surface area contributed by atoms with Gasteiger partial charge in [-0.1, -0.05) is 65.5 Å². The summed E-state index contributed by atoms with van der Waals surface area (Å²) in [5.41, 5.74) is 2.38. The number of alkyl carbamates (subject to hydrolysis) is 1. The second-order valence-electron chi connectivity index (χ2n) is 13.4. The number of carbonyl (C=O) groups is 1. The topological polar surface area (TPSA) is 73.6 Å². The highest BCUT2D eigenvalue weighted by molar-refractivity contribution is 5.67. The van der Waals surface area contributed by atoms with Crippen LogP contribution in [0.5, 0.6) is 0 Å². The van der Waals surface area contributed by atoms with Crippen molar-refractivity contribution in [3.8, 4) is 0 Å². The number of ether oxygens (including phenoxy) is 1. The van der Waals surface area contributed by atoms with E-state index >= 15 is 0 Å².